The van der Waals surface area contributed by atoms with Crippen LogP contribution < -0.4 is 5.32 Å². The summed E-state index contributed by atoms with van der Waals surface area (Å²) < 4.78 is 137. The van der Waals surface area contributed by atoms with Crippen molar-refractivity contribution in [3.63, 3.8) is 0 Å². The number of halogens is 10. The van der Waals surface area contributed by atoms with Gasteiger partial charge in [0.05, 0.1) is 41.9 Å². The van der Waals surface area contributed by atoms with Crippen LogP contribution in [0, 0.1) is 11.6 Å². The number of rotatable bonds is 10. The fourth-order valence-corrected chi connectivity index (χ4v) is 6.75. The molecule has 0 aromatic carbocycles. The van der Waals surface area contributed by atoms with Crippen LogP contribution in [-0.2, 0) is 39.5 Å². The zero-order valence-corrected chi connectivity index (χ0v) is 34.4. The van der Waals surface area contributed by atoms with Crippen LogP contribution in [0.3, 0.4) is 0 Å². The predicted octanol–water partition coefficient (Wildman–Crippen LogP) is 8.22. The maximum atomic E-state index is 14.4. The van der Waals surface area contributed by atoms with Gasteiger partial charge >= 0.3 is 18.4 Å². The van der Waals surface area contributed by atoms with Gasteiger partial charge in [0.2, 0.25) is 11.6 Å². The molecule has 2 aliphatic rings. The molecule has 4 aromatic rings. The average Bonchev–Trinajstić information content (AvgIpc) is 3.71. The van der Waals surface area contributed by atoms with E-state index in [1.165, 1.54) is 19.1 Å². The number of carbonyl (C=O) groups is 3. The van der Waals surface area contributed by atoms with Crippen molar-refractivity contribution in [3.05, 3.63) is 83.7 Å². The van der Waals surface area contributed by atoms with Crippen molar-refractivity contribution in [3.8, 4) is 22.5 Å². The molecule has 63 heavy (non-hydrogen) atoms. The monoisotopic (exact) mass is 900 g/mol. The van der Waals surface area contributed by atoms with Crippen LogP contribution in [0.4, 0.5) is 48.7 Å². The minimum atomic E-state index is -4.70. The highest BCUT2D eigenvalue weighted by atomic mass is 19.4. The number of ether oxygens (including phenoxy) is 1. The summed E-state index contributed by atoms with van der Waals surface area (Å²) in [5.74, 6) is -4.64. The number of Topliss-reactive ketones (excluding diaryl/α,β-unsaturated/α-hetero) is 2. The number of nitrogens with zero attached hydrogens (tertiary/aromatic N) is 7. The molecule has 340 valence electrons. The minimum Gasteiger partial charge on any atom is -0.444 e. The number of alkyl halides is 8. The first-order valence-corrected chi connectivity index (χ1v) is 19.5. The Bertz CT molecular complexity index is 2250. The number of hydrogen-bond acceptors (Lipinski definition) is 11. The summed E-state index contributed by atoms with van der Waals surface area (Å²) in [4.78, 5) is 59.5. The van der Waals surface area contributed by atoms with Crippen molar-refractivity contribution in [1.29, 1.82) is 0 Å². The summed E-state index contributed by atoms with van der Waals surface area (Å²) in [6.45, 7) is 8.10. The zero-order chi connectivity index (χ0) is 46.6. The van der Waals surface area contributed by atoms with Crippen LogP contribution in [0.15, 0.2) is 49.3 Å². The molecule has 0 aliphatic carbocycles. The van der Waals surface area contributed by atoms with Crippen molar-refractivity contribution in [2.24, 2.45) is 0 Å². The van der Waals surface area contributed by atoms with Crippen molar-refractivity contribution in [1.82, 2.24) is 40.1 Å². The van der Waals surface area contributed by atoms with E-state index in [1.807, 2.05) is 0 Å². The van der Waals surface area contributed by atoms with Gasteiger partial charge in [-0.25, -0.2) is 42.3 Å². The summed E-state index contributed by atoms with van der Waals surface area (Å²) in [5, 5.41) is 2.87. The Hall–Kier alpha value is -5.67. The molecule has 12 nitrogen and oxygen atoms in total. The number of nitrogens with one attached hydrogen (secondary N) is 1. The van der Waals surface area contributed by atoms with Crippen LogP contribution in [0.1, 0.15) is 83.1 Å². The van der Waals surface area contributed by atoms with Crippen molar-refractivity contribution >= 4 is 17.7 Å². The smallest absolute Gasteiger partial charge is 0.444 e. The maximum Gasteiger partial charge on any atom is 0.451 e. The van der Waals surface area contributed by atoms with Gasteiger partial charge in [-0.2, -0.15) is 26.3 Å². The van der Waals surface area contributed by atoms with Gasteiger partial charge in [-0.05, 0) is 70.7 Å². The lowest BCUT2D eigenvalue weighted by Gasteiger charge is -2.30. The predicted molar refractivity (Wildman–Crippen MR) is 204 cm³/mol. The van der Waals surface area contributed by atoms with Crippen molar-refractivity contribution in [2.45, 2.75) is 128 Å². The number of ketones is 2. The first-order valence-electron chi connectivity index (χ1n) is 19.5. The second kappa shape index (κ2) is 19.4. The standard InChI is InChI=1S/C23H25F5N4O3.C18H17F5N4O/c1-12-15(24)8-18(32(12)21(34)35-22(2,3)4)19(33)6-5-13-7-17(29-11-16(13)25)14-9-30-20(31-10-14)23(26,27)28;1-9-12(19)5-15(27-9)16(28)3-2-10-4-14(24-8-13(10)20)11-6-25-17(26-7-11)18(21,22)23/h7,9-12,15,18H,5-6,8H2,1-4H3;4,6-9,12,15,27H,2-3,5H2,1H3/t12-,15+,18-;9-,12+,15-/m00/s1. The van der Waals surface area contributed by atoms with Gasteiger partial charge in [-0.15, -0.1) is 0 Å². The van der Waals surface area contributed by atoms with E-state index in [0.29, 0.717) is 0 Å². The highest BCUT2D eigenvalue weighted by Crippen LogP contribution is 2.32. The van der Waals surface area contributed by atoms with E-state index in [2.05, 4.69) is 35.2 Å². The molecule has 2 fully saturated rings. The molecule has 6 heterocycles. The molecule has 0 bridgehead atoms. The lowest BCUT2D eigenvalue weighted by atomic mass is 10.0. The second-order valence-corrected chi connectivity index (χ2v) is 16.0. The highest BCUT2D eigenvalue weighted by Gasteiger charge is 2.46. The highest BCUT2D eigenvalue weighted by molar-refractivity contribution is 5.88. The largest absolute Gasteiger partial charge is 0.451 e. The molecule has 22 heteroatoms. The second-order valence-electron chi connectivity index (χ2n) is 16.0. The SMILES string of the molecule is C[C@@H]1N[C@H](C(=O)CCc2cc(-c3cnc(C(F)(F)F)nc3)ncc2F)C[C@H]1F.C[C@H]1[C@H](F)C[C@@H](C(=O)CCc2cc(-c3cnc(C(F)(F)F)nc3)ncc2F)N1C(=O)OC(C)(C)C. The summed E-state index contributed by atoms with van der Waals surface area (Å²) in [7, 11) is 0. The van der Waals surface area contributed by atoms with Gasteiger partial charge in [-0.1, -0.05) is 0 Å². The van der Waals surface area contributed by atoms with Crippen LogP contribution in [0.25, 0.3) is 22.5 Å². The molecule has 1 amide bonds. The quantitative estimate of drug-likeness (QED) is 0.153. The van der Waals surface area contributed by atoms with E-state index in [9.17, 15) is 58.3 Å². The fourth-order valence-electron chi connectivity index (χ4n) is 6.75. The fraction of sp³-hybridized carbons (Fsp3) is 0.488. The van der Waals surface area contributed by atoms with Gasteiger partial charge < -0.3 is 10.1 Å². The Morgan fingerprint density at radius 3 is 1.52 bits per heavy atom. The Morgan fingerprint density at radius 1 is 0.683 bits per heavy atom. The van der Waals surface area contributed by atoms with Crippen molar-refractivity contribution in [2.75, 3.05) is 0 Å². The van der Waals surface area contributed by atoms with Gasteiger partial charge in [0.25, 0.3) is 0 Å². The van der Waals surface area contributed by atoms with Crippen LogP contribution in [-0.4, -0.2) is 94.6 Å². The van der Waals surface area contributed by atoms with E-state index >= 15 is 0 Å². The van der Waals surface area contributed by atoms with E-state index < -0.39 is 89.6 Å². The normalized spacial score (nSPS) is 21.5. The Balaban J connectivity index is 0.000000243. The molecule has 2 aliphatic heterocycles. The number of hydrogen-bond donors (Lipinski definition) is 1. The molecule has 1 N–H and O–H groups in total. The third-order valence-corrected chi connectivity index (χ3v) is 10.1. The molecule has 0 unspecified atom stereocenters. The van der Waals surface area contributed by atoms with E-state index in [0.717, 1.165) is 42.1 Å². The number of aromatic nitrogens is 6. The summed E-state index contributed by atoms with van der Waals surface area (Å²) >= 11 is 0. The van der Waals surface area contributed by atoms with E-state index in [1.54, 1.807) is 27.7 Å². The third kappa shape index (κ3) is 12.5. The van der Waals surface area contributed by atoms with Crippen molar-refractivity contribution < 1.29 is 63.0 Å². The summed E-state index contributed by atoms with van der Waals surface area (Å²) in [5.41, 5.74) is 0.0529. The lowest BCUT2D eigenvalue weighted by molar-refractivity contribution is -0.145. The molecule has 4 aromatic heterocycles. The first-order chi connectivity index (χ1) is 29.3. The number of aryl methyl sites for hydroxylation is 2. The molecule has 6 atom stereocenters. The molecule has 0 radical (unpaired) electrons. The lowest BCUT2D eigenvalue weighted by Crippen LogP contribution is -2.47. The first kappa shape index (κ1) is 48.4. The molecule has 0 saturated carbocycles. The topological polar surface area (TPSA) is 153 Å². The molecule has 0 spiro atoms. The summed E-state index contributed by atoms with van der Waals surface area (Å²) in [6, 6.07) is -0.284. The van der Waals surface area contributed by atoms with Gasteiger partial charge in [0.1, 0.15) is 35.4 Å². The Labute approximate surface area is 354 Å². The third-order valence-electron chi connectivity index (χ3n) is 10.1. The van der Waals surface area contributed by atoms with Gasteiger partial charge in [-0.3, -0.25) is 24.5 Å². The van der Waals surface area contributed by atoms with Gasteiger partial charge in [0.15, 0.2) is 5.78 Å². The Morgan fingerprint density at radius 2 is 1.13 bits per heavy atom. The summed E-state index contributed by atoms with van der Waals surface area (Å²) in [6.07, 6.45) is -7.45. The number of pyridine rings is 2. The molecular formula is C41H42F10N8O4. The maximum absolute atomic E-state index is 14.4. The van der Waals surface area contributed by atoms with E-state index in [4.69, 9.17) is 4.74 Å². The minimum absolute atomic E-state index is 0.000984. The average molecular weight is 901 g/mol. The number of likely N-dealkylation sites (tertiary alicyclic amines) is 1. The Kier molecular flexibility index (Phi) is 14.9. The number of carbonyl (C=O) groups excluding carboxylic acids is 3. The van der Waals surface area contributed by atoms with Crippen LogP contribution >= 0.6 is 0 Å². The molecular weight excluding hydrogens is 858 g/mol. The van der Waals surface area contributed by atoms with Crippen LogP contribution in [0.2, 0.25) is 0 Å². The van der Waals surface area contributed by atoms with E-state index in [-0.39, 0.29) is 77.9 Å². The number of amides is 1. The van der Waals surface area contributed by atoms with Gasteiger partial charge in [0, 0.05) is 67.6 Å². The van der Waals surface area contributed by atoms with Crippen LogP contribution in [0.5, 0.6) is 0 Å². The molecule has 6 rings (SSSR count). The molecule has 2 saturated heterocycles. The zero-order valence-electron chi connectivity index (χ0n) is 34.4.